The molecule has 34 heavy (non-hydrogen) atoms. The number of sulfonamides is 1. The van der Waals surface area contributed by atoms with Gasteiger partial charge in [-0.15, -0.1) is 0 Å². The van der Waals surface area contributed by atoms with Crippen LogP contribution in [0.3, 0.4) is 0 Å². The van der Waals surface area contributed by atoms with Crippen molar-refractivity contribution in [1.29, 1.82) is 0 Å². The molecule has 2 aromatic carbocycles. The van der Waals surface area contributed by atoms with E-state index in [-0.39, 0.29) is 18.8 Å². The van der Waals surface area contributed by atoms with E-state index in [4.69, 9.17) is 0 Å². The number of carboxylic acids is 1. The highest BCUT2D eigenvalue weighted by Crippen LogP contribution is 2.27. The summed E-state index contributed by atoms with van der Waals surface area (Å²) in [6, 6.07) is 11.4. The van der Waals surface area contributed by atoms with Crippen LogP contribution in [-0.4, -0.2) is 31.7 Å². The van der Waals surface area contributed by atoms with E-state index in [1.54, 1.807) is 26.0 Å². The second-order valence-electron chi connectivity index (χ2n) is 8.33. The molecule has 2 rings (SSSR count). The maximum atomic E-state index is 14.3. The summed E-state index contributed by atoms with van der Waals surface area (Å²) in [6.45, 7) is 3.60. The molecule has 0 aromatic heterocycles. The van der Waals surface area contributed by atoms with E-state index in [0.717, 1.165) is 24.0 Å². The SMILES string of the molecule is CC(C)C[C@@H](C(=O)NN(c1ccc(F)cc1F)S(C)(=O)=O)[C@H](CC=Cc1ccccc1)C(=O)O. The van der Waals surface area contributed by atoms with Crippen LogP contribution in [-0.2, 0) is 19.6 Å². The fraction of sp³-hybridized carbons (Fsp3) is 0.333. The highest BCUT2D eigenvalue weighted by Gasteiger charge is 2.36. The molecule has 184 valence electrons. The fourth-order valence-corrected chi connectivity index (χ4v) is 4.23. The molecule has 0 bridgehead atoms. The average molecular weight is 495 g/mol. The van der Waals surface area contributed by atoms with Gasteiger partial charge in [-0.25, -0.2) is 17.2 Å². The number of amides is 1. The second kappa shape index (κ2) is 11.7. The van der Waals surface area contributed by atoms with Gasteiger partial charge in [-0.2, -0.15) is 4.41 Å². The van der Waals surface area contributed by atoms with E-state index < -0.39 is 51.1 Å². The molecule has 1 amide bonds. The zero-order valence-corrected chi connectivity index (χ0v) is 19.9. The van der Waals surface area contributed by atoms with E-state index in [2.05, 4.69) is 5.43 Å². The molecule has 0 spiro atoms. The first kappa shape index (κ1) is 27.0. The van der Waals surface area contributed by atoms with Gasteiger partial charge in [0.25, 0.3) is 0 Å². The van der Waals surface area contributed by atoms with Gasteiger partial charge in [0, 0.05) is 6.07 Å². The number of halogens is 2. The third kappa shape index (κ3) is 7.65. The number of nitrogens with zero attached hydrogens (tertiary/aromatic N) is 1. The number of carboxylic acid groups (broad SMARTS) is 1. The Labute approximate surface area is 198 Å². The molecule has 0 radical (unpaired) electrons. The molecular formula is C24H28F2N2O5S. The molecule has 0 saturated heterocycles. The number of carbonyl (C=O) groups excluding carboxylic acids is 1. The first-order valence-electron chi connectivity index (χ1n) is 10.6. The summed E-state index contributed by atoms with van der Waals surface area (Å²) in [7, 11) is -4.23. The number of allylic oxidation sites excluding steroid dienone is 1. The minimum absolute atomic E-state index is 0.0127. The van der Waals surface area contributed by atoms with Crippen LogP contribution in [0.4, 0.5) is 14.5 Å². The van der Waals surface area contributed by atoms with Crippen LogP contribution in [0.5, 0.6) is 0 Å². The molecule has 0 aliphatic rings. The molecule has 0 unspecified atom stereocenters. The molecule has 2 atom stereocenters. The normalized spacial score (nSPS) is 13.6. The summed E-state index contributed by atoms with van der Waals surface area (Å²) in [6.07, 6.45) is 4.27. The summed E-state index contributed by atoms with van der Waals surface area (Å²) in [5.74, 6) is -6.63. The van der Waals surface area contributed by atoms with Crippen molar-refractivity contribution < 1.29 is 31.9 Å². The van der Waals surface area contributed by atoms with Crippen molar-refractivity contribution in [3.05, 3.63) is 71.8 Å². The van der Waals surface area contributed by atoms with Gasteiger partial charge in [-0.05, 0) is 36.5 Å². The van der Waals surface area contributed by atoms with Crippen molar-refractivity contribution >= 4 is 33.7 Å². The lowest BCUT2D eigenvalue weighted by molar-refractivity contribution is -0.147. The van der Waals surface area contributed by atoms with E-state index in [1.807, 2.05) is 30.3 Å². The number of hydrogen-bond acceptors (Lipinski definition) is 4. The lowest BCUT2D eigenvalue weighted by atomic mass is 9.82. The Morgan fingerprint density at radius 1 is 1.09 bits per heavy atom. The van der Waals surface area contributed by atoms with Crippen molar-refractivity contribution in [2.45, 2.75) is 26.7 Å². The zero-order valence-electron chi connectivity index (χ0n) is 19.1. The quantitative estimate of drug-likeness (QED) is 0.455. The number of nitrogens with one attached hydrogen (secondary N) is 1. The topological polar surface area (TPSA) is 104 Å². The second-order valence-corrected chi connectivity index (χ2v) is 10.2. The molecule has 7 nitrogen and oxygen atoms in total. The smallest absolute Gasteiger partial charge is 0.307 e. The monoisotopic (exact) mass is 494 g/mol. The van der Waals surface area contributed by atoms with Crippen molar-refractivity contribution in [2.75, 3.05) is 10.7 Å². The Balaban J connectivity index is 2.35. The molecular weight excluding hydrogens is 466 g/mol. The molecule has 2 N–H and O–H groups in total. The van der Waals surface area contributed by atoms with Gasteiger partial charge < -0.3 is 5.11 Å². The van der Waals surface area contributed by atoms with Crippen LogP contribution >= 0.6 is 0 Å². The average Bonchev–Trinajstić information content (AvgIpc) is 2.73. The predicted molar refractivity (Wildman–Crippen MR) is 126 cm³/mol. The van der Waals surface area contributed by atoms with Crippen LogP contribution < -0.4 is 9.84 Å². The first-order valence-corrected chi connectivity index (χ1v) is 12.4. The Kier molecular flexibility index (Phi) is 9.31. The molecule has 0 aliphatic carbocycles. The standard InChI is InChI=1S/C24H28F2N2O5S/c1-16(2)14-20(19(24(30)31)11-7-10-17-8-5-4-6-9-17)23(29)27-28(34(3,32)33)22-13-12-18(25)15-21(22)26/h4-10,12-13,15-16,19-20H,11,14H2,1-3H3,(H,27,29)(H,30,31)/t19-,20+/m0/s1. The number of carbonyl (C=O) groups is 2. The van der Waals surface area contributed by atoms with E-state index in [0.29, 0.717) is 10.5 Å². The van der Waals surface area contributed by atoms with Crippen molar-refractivity contribution in [3.63, 3.8) is 0 Å². The number of anilines is 1. The molecule has 0 fully saturated rings. The Hall–Kier alpha value is -3.27. The molecule has 10 heteroatoms. The predicted octanol–water partition coefficient (Wildman–Crippen LogP) is 4.23. The third-order valence-electron chi connectivity index (χ3n) is 5.04. The summed E-state index contributed by atoms with van der Waals surface area (Å²) in [5.41, 5.74) is 2.41. The van der Waals surface area contributed by atoms with Crippen molar-refractivity contribution in [2.24, 2.45) is 17.8 Å². The highest BCUT2D eigenvalue weighted by atomic mass is 32.2. The van der Waals surface area contributed by atoms with Crippen molar-refractivity contribution in [1.82, 2.24) is 5.43 Å². The number of hydrogen-bond donors (Lipinski definition) is 2. The van der Waals surface area contributed by atoms with Gasteiger partial charge in [-0.1, -0.05) is 56.3 Å². The third-order valence-corrected chi connectivity index (χ3v) is 5.99. The van der Waals surface area contributed by atoms with Crippen molar-refractivity contribution in [3.8, 4) is 0 Å². The van der Waals surface area contributed by atoms with E-state index >= 15 is 0 Å². The molecule has 0 heterocycles. The summed E-state index contributed by atoms with van der Waals surface area (Å²) < 4.78 is 52.5. The minimum Gasteiger partial charge on any atom is -0.481 e. The van der Waals surface area contributed by atoms with Gasteiger partial charge in [0.1, 0.15) is 11.5 Å². The van der Waals surface area contributed by atoms with Gasteiger partial charge >= 0.3 is 5.97 Å². The molecule has 0 aliphatic heterocycles. The van der Waals surface area contributed by atoms with Crippen LogP contribution in [0.15, 0.2) is 54.6 Å². The largest absolute Gasteiger partial charge is 0.481 e. The Morgan fingerprint density at radius 2 is 1.74 bits per heavy atom. The molecule has 2 aromatic rings. The maximum Gasteiger partial charge on any atom is 0.307 e. The lowest BCUT2D eigenvalue weighted by Crippen LogP contribution is -2.50. The fourth-order valence-electron chi connectivity index (χ4n) is 3.46. The van der Waals surface area contributed by atoms with Crippen LogP contribution in [0.25, 0.3) is 6.08 Å². The van der Waals surface area contributed by atoms with E-state index in [1.165, 1.54) is 0 Å². The molecule has 0 saturated carbocycles. The van der Waals surface area contributed by atoms with E-state index in [9.17, 15) is 31.9 Å². The van der Waals surface area contributed by atoms with Gasteiger partial charge in [-0.3, -0.25) is 15.0 Å². The van der Waals surface area contributed by atoms with Gasteiger partial charge in [0.05, 0.1) is 18.1 Å². The van der Waals surface area contributed by atoms with Gasteiger partial charge in [0.2, 0.25) is 15.9 Å². The van der Waals surface area contributed by atoms with Crippen LogP contribution in [0, 0.1) is 29.4 Å². The number of benzene rings is 2. The first-order chi connectivity index (χ1) is 15.9. The van der Waals surface area contributed by atoms with Crippen LogP contribution in [0.2, 0.25) is 0 Å². The summed E-state index contributed by atoms with van der Waals surface area (Å²) >= 11 is 0. The highest BCUT2D eigenvalue weighted by molar-refractivity contribution is 7.92. The zero-order chi connectivity index (χ0) is 25.5. The number of aliphatic carboxylic acids is 1. The Morgan fingerprint density at radius 3 is 2.26 bits per heavy atom. The number of rotatable bonds is 11. The summed E-state index contributed by atoms with van der Waals surface area (Å²) in [5, 5.41) is 9.84. The lowest BCUT2D eigenvalue weighted by Gasteiger charge is -2.29. The maximum absolute atomic E-state index is 14.3. The number of hydrazine groups is 1. The Bertz CT molecular complexity index is 1140. The minimum atomic E-state index is -4.23. The summed E-state index contributed by atoms with van der Waals surface area (Å²) in [4.78, 5) is 25.2. The van der Waals surface area contributed by atoms with Crippen LogP contribution in [0.1, 0.15) is 32.3 Å². The van der Waals surface area contributed by atoms with Gasteiger partial charge in [0.15, 0.2) is 5.82 Å².